The largest absolute Gasteiger partial charge is 0.324 e. The lowest BCUT2D eigenvalue weighted by Crippen LogP contribution is -1.95. The van der Waals surface area contributed by atoms with Crippen molar-refractivity contribution in [2.24, 2.45) is 0 Å². The van der Waals surface area contributed by atoms with Crippen molar-refractivity contribution in [1.29, 1.82) is 0 Å². The number of nitro groups is 1. The van der Waals surface area contributed by atoms with Crippen LogP contribution in [0.5, 0.6) is 0 Å². The molecule has 0 unspecified atom stereocenters. The third-order valence-electron chi connectivity index (χ3n) is 2.27. The van der Waals surface area contributed by atoms with E-state index in [0.29, 0.717) is 0 Å². The van der Waals surface area contributed by atoms with Gasteiger partial charge in [-0.05, 0) is 30.7 Å². The molecule has 2 aromatic rings. The molecule has 1 aromatic heterocycles. The Bertz CT molecular complexity index is 489. The molecule has 0 N–H and O–H groups in total. The zero-order valence-corrected chi connectivity index (χ0v) is 8.25. The van der Waals surface area contributed by atoms with Gasteiger partial charge in [-0.15, -0.1) is 0 Å². The first-order valence-electron chi connectivity index (χ1n) is 4.57. The van der Waals surface area contributed by atoms with Crippen molar-refractivity contribution in [2.45, 2.75) is 6.92 Å². The summed E-state index contributed by atoms with van der Waals surface area (Å²) in [5.74, 6) is 0. The van der Waals surface area contributed by atoms with Crippen LogP contribution in [0.15, 0.2) is 42.7 Å². The highest BCUT2D eigenvalue weighted by Crippen LogP contribution is 2.20. The predicted molar refractivity (Wildman–Crippen MR) is 57.2 cm³/mol. The predicted octanol–water partition coefficient (Wildman–Crippen LogP) is 2.69. The molecule has 2 rings (SSSR count). The van der Waals surface area contributed by atoms with E-state index in [1.807, 2.05) is 36.0 Å². The second kappa shape index (κ2) is 3.57. The molecule has 4 nitrogen and oxygen atoms in total. The Morgan fingerprint density at radius 1 is 1.27 bits per heavy atom. The van der Waals surface area contributed by atoms with Crippen molar-refractivity contribution < 1.29 is 4.92 Å². The second-order valence-electron chi connectivity index (χ2n) is 3.32. The average molecular weight is 202 g/mol. The molecule has 0 aliphatic heterocycles. The Labute approximate surface area is 86.9 Å². The zero-order valence-electron chi connectivity index (χ0n) is 8.25. The molecule has 0 bridgehead atoms. The lowest BCUT2D eigenvalue weighted by atomic mass is 10.2. The highest BCUT2D eigenvalue weighted by molar-refractivity contribution is 5.47. The molecule has 0 radical (unpaired) electrons. The zero-order chi connectivity index (χ0) is 10.8. The highest BCUT2D eigenvalue weighted by Gasteiger charge is 2.08. The number of non-ortho nitro benzene ring substituents is 1. The van der Waals surface area contributed by atoms with Gasteiger partial charge >= 0.3 is 0 Å². The van der Waals surface area contributed by atoms with Crippen LogP contribution in [0.2, 0.25) is 0 Å². The first kappa shape index (κ1) is 9.45. The van der Waals surface area contributed by atoms with Crippen LogP contribution < -0.4 is 0 Å². The third-order valence-corrected chi connectivity index (χ3v) is 2.27. The Kier molecular flexibility index (Phi) is 2.25. The van der Waals surface area contributed by atoms with Crippen molar-refractivity contribution >= 4 is 5.69 Å². The number of benzene rings is 1. The normalized spacial score (nSPS) is 10.2. The molecule has 0 amide bonds. The molecular formula is C11H10N2O2. The summed E-state index contributed by atoms with van der Waals surface area (Å²) in [6, 6.07) is 8.69. The van der Waals surface area contributed by atoms with Gasteiger partial charge in [-0.25, -0.2) is 0 Å². The molecular weight excluding hydrogens is 192 g/mol. The molecule has 1 heterocycles. The monoisotopic (exact) mass is 202 g/mol. The molecule has 0 aliphatic carbocycles. The fraction of sp³-hybridized carbons (Fsp3) is 0.0909. The first-order chi connectivity index (χ1) is 7.18. The van der Waals surface area contributed by atoms with E-state index >= 15 is 0 Å². The van der Waals surface area contributed by atoms with E-state index in [0.717, 1.165) is 11.3 Å². The fourth-order valence-electron chi connectivity index (χ4n) is 1.54. The summed E-state index contributed by atoms with van der Waals surface area (Å²) in [5, 5.41) is 10.5. The molecule has 0 aliphatic rings. The third kappa shape index (κ3) is 1.74. The molecule has 1 aromatic carbocycles. The molecule has 0 saturated heterocycles. The number of hydrogen-bond donors (Lipinski definition) is 0. The minimum Gasteiger partial charge on any atom is -0.324 e. The van der Waals surface area contributed by atoms with Crippen LogP contribution in [0, 0.1) is 17.0 Å². The van der Waals surface area contributed by atoms with Gasteiger partial charge in [0.05, 0.1) is 4.92 Å². The van der Waals surface area contributed by atoms with Gasteiger partial charge in [0.2, 0.25) is 0 Å². The van der Waals surface area contributed by atoms with Crippen LogP contribution in [0.25, 0.3) is 5.69 Å². The van der Waals surface area contributed by atoms with Crippen molar-refractivity contribution in [3.8, 4) is 5.69 Å². The number of hydrogen-bond acceptors (Lipinski definition) is 2. The van der Waals surface area contributed by atoms with Gasteiger partial charge in [-0.1, -0.05) is 0 Å². The van der Waals surface area contributed by atoms with E-state index in [-0.39, 0.29) is 10.6 Å². The fourth-order valence-corrected chi connectivity index (χ4v) is 1.54. The maximum absolute atomic E-state index is 10.5. The van der Waals surface area contributed by atoms with Crippen LogP contribution in [0.1, 0.15) is 5.56 Å². The molecule has 0 fully saturated rings. The molecule has 0 spiro atoms. The van der Waals surface area contributed by atoms with E-state index in [4.69, 9.17) is 0 Å². The number of aryl methyl sites for hydroxylation is 1. The summed E-state index contributed by atoms with van der Waals surface area (Å²) in [5.41, 5.74) is 1.98. The smallest absolute Gasteiger partial charge is 0.269 e. The Balaban J connectivity index is 2.48. The topological polar surface area (TPSA) is 48.1 Å². The molecule has 0 saturated carbocycles. The van der Waals surface area contributed by atoms with Gasteiger partial charge in [0.1, 0.15) is 0 Å². The van der Waals surface area contributed by atoms with Gasteiger partial charge in [0, 0.05) is 30.2 Å². The lowest BCUT2D eigenvalue weighted by Gasteiger charge is -2.06. The van der Waals surface area contributed by atoms with Gasteiger partial charge in [-0.3, -0.25) is 10.1 Å². The maximum Gasteiger partial charge on any atom is 0.269 e. The minimum absolute atomic E-state index is 0.128. The summed E-state index contributed by atoms with van der Waals surface area (Å²) in [6.07, 6.45) is 3.82. The van der Waals surface area contributed by atoms with Gasteiger partial charge in [0.25, 0.3) is 5.69 Å². The van der Waals surface area contributed by atoms with E-state index < -0.39 is 0 Å². The summed E-state index contributed by atoms with van der Waals surface area (Å²) >= 11 is 0. The van der Waals surface area contributed by atoms with Gasteiger partial charge in [-0.2, -0.15) is 0 Å². The van der Waals surface area contributed by atoms with Crippen LogP contribution in [-0.2, 0) is 0 Å². The summed E-state index contributed by atoms with van der Waals surface area (Å²) < 4.78 is 1.93. The van der Waals surface area contributed by atoms with Crippen LogP contribution in [0.4, 0.5) is 5.69 Å². The average Bonchev–Trinajstić information content (AvgIpc) is 2.70. The summed E-state index contributed by atoms with van der Waals surface area (Å²) in [4.78, 5) is 10.2. The number of rotatable bonds is 2. The van der Waals surface area contributed by atoms with E-state index in [1.54, 1.807) is 12.1 Å². The first-order valence-corrected chi connectivity index (χ1v) is 4.57. The molecule has 15 heavy (non-hydrogen) atoms. The summed E-state index contributed by atoms with van der Waals surface area (Å²) in [6.45, 7) is 1.86. The van der Waals surface area contributed by atoms with Crippen LogP contribution >= 0.6 is 0 Å². The maximum atomic E-state index is 10.5. The van der Waals surface area contributed by atoms with Crippen LogP contribution in [-0.4, -0.2) is 9.49 Å². The number of nitrogens with zero attached hydrogens (tertiary/aromatic N) is 2. The molecule has 76 valence electrons. The van der Waals surface area contributed by atoms with Gasteiger partial charge in [0.15, 0.2) is 0 Å². The van der Waals surface area contributed by atoms with E-state index in [9.17, 15) is 10.1 Å². The standard InChI is InChI=1S/C11H10N2O2/c1-9-8-10(13(14)15)4-5-11(9)12-6-2-3-7-12/h2-8H,1H3. The Hall–Kier alpha value is -2.10. The van der Waals surface area contributed by atoms with Gasteiger partial charge < -0.3 is 4.57 Å². The van der Waals surface area contributed by atoms with Crippen molar-refractivity contribution in [3.05, 3.63) is 58.4 Å². The number of aromatic nitrogens is 1. The van der Waals surface area contributed by atoms with Crippen molar-refractivity contribution in [3.63, 3.8) is 0 Å². The summed E-state index contributed by atoms with van der Waals surface area (Å²) in [7, 11) is 0. The van der Waals surface area contributed by atoms with Crippen molar-refractivity contribution in [1.82, 2.24) is 4.57 Å². The number of nitro benzene ring substituents is 1. The Morgan fingerprint density at radius 2 is 1.93 bits per heavy atom. The van der Waals surface area contributed by atoms with E-state index in [2.05, 4.69) is 0 Å². The Morgan fingerprint density at radius 3 is 2.47 bits per heavy atom. The SMILES string of the molecule is Cc1cc([N+](=O)[O-])ccc1-n1cccc1. The molecule has 4 heteroatoms. The quantitative estimate of drug-likeness (QED) is 0.555. The van der Waals surface area contributed by atoms with Crippen molar-refractivity contribution in [2.75, 3.05) is 0 Å². The van der Waals surface area contributed by atoms with E-state index in [1.165, 1.54) is 6.07 Å². The van der Waals surface area contributed by atoms with Crippen LogP contribution in [0.3, 0.4) is 0 Å². The highest BCUT2D eigenvalue weighted by atomic mass is 16.6. The second-order valence-corrected chi connectivity index (χ2v) is 3.32. The lowest BCUT2D eigenvalue weighted by molar-refractivity contribution is -0.384. The minimum atomic E-state index is -0.382. The molecule has 0 atom stereocenters.